The van der Waals surface area contributed by atoms with Gasteiger partial charge in [-0.1, -0.05) is 27.7 Å². The first-order valence-corrected chi connectivity index (χ1v) is 7.90. The Kier molecular flexibility index (Phi) is 6.90. The molecule has 1 aromatic rings. The minimum absolute atomic E-state index is 0.225. The number of hydrogen-bond acceptors (Lipinski definition) is 2. The number of nitrogens with one attached hydrogen (secondary N) is 1. The number of anilines is 1. The molecule has 2 nitrogen and oxygen atoms in total. The van der Waals surface area contributed by atoms with Crippen molar-refractivity contribution in [3.05, 3.63) is 24.3 Å². The molecule has 0 unspecified atom stereocenters. The fourth-order valence-corrected chi connectivity index (χ4v) is 2.49. The Labute approximate surface area is 124 Å². The molecule has 0 aliphatic carbocycles. The SMILES string of the molecule is CC(C)CC(CC(C)C)Nc1ccc(OC(C)C)cc1. The molecule has 0 aliphatic heterocycles. The Bertz CT molecular complexity index is 358. The van der Waals surface area contributed by atoms with Gasteiger partial charge in [-0.2, -0.15) is 0 Å². The largest absolute Gasteiger partial charge is 0.491 e. The maximum Gasteiger partial charge on any atom is 0.119 e. The summed E-state index contributed by atoms with van der Waals surface area (Å²) >= 11 is 0. The summed E-state index contributed by atoms with van der Waals surface area (Å²) in [5.74, 6) is 2.37. The summed E-state index contributed by atoms with van der Waals surface area (Å²) < 4.78 is 5.68. The van der Waals surface area contributed by atoms with Crippen LogP contribution in [0.2, 0.25) is 0 Å². The molecule has 0 amide bonds. The van der Waals surface area contributed by atoms with Gasteiger partial charge in [0.1, 0.15) is 5.75 Å². The molecule has 0 aromatic heterocycles. The van der Waals surface area contributed by atoms with Gasteiger partial charge in [-0.3, -0.25) is 0 Å². The maximum absolute atomic E-state index is 5.68. The molecule has 0 bridgehead atoms. The minimum Gasteiger partial charge on any atom is -0.491 e. The van der Waals surface area contributed by atoms with Crippen molar-refractivity contribution in [1.82, 2.24) is 0 Å². The molecule has 0 radical (unpaired) electrons. The van der Waals surface area contributed by atoms with Crippen molar-refractivity contribution in [3.63, 3.8) is 0 Å². The van der Waals surface area contributed by atoms with Crippen LogP contribution < -0.4 is 10.1 Å². The molecular weight excluding hydrogens is 246 g/mol. The monoisotopic (exact) mass is 277 g/mol. The summed E-state index contributed by atoms with van der Waals surface area (Å²) in [6, 6.07) is 8.87. The Morgan fingerprint density at radius 1 is 0.850 bits per heavy atom. The molecule has 0 aliphatic rings. The average molecular weight is 277 g/mol. The Balaban J connectivity index is 2.63. The molecule has 1 N–H and O–H groups in total. The first-order chi connectivity index (χ1) is 9.36. The molecule has 0 heterocycles. The van der Waals surface area contributed by atoms with Gasteiger partial charge in [0, 0.05) is 11.7 Å². The zero-order chi connectivity index (χ0) is 15.1. The van der Waals surface area contributed by atoms with Crippen LogP contribution in [0.4, 0.5) is 5.69 Å². The first-order valence-electron chi connectivity index (χ1n) is 7.90. The van der Waals surface area contributed by atoms with Gasteiger partial charge < -0.3 is 10.1 Å². The van der Waals surface area contributed by atoms with E-state index in [1.165, 1.54) is 18.5 Å². The highest BCUT2D eigenvalue weighted by molar-refractivity contribution is 5.47. The Morgan fingerprint density at radius 3 is 1.75 bits per heavy atom. The summed E-state index contributed by atoms with van der Waals surface area (Å²) in [7, 11) is 0. The van der Waals surface area contributed by atoms with Crippen LogP contribution in [0.15, 0.2) is 24.3 Å². The van der Waals surface area contributed by atoms with Gasteiger partial charge in [-0.25, -0.2) is 0 Å². The van der Waals surface area contributed by atoms with Crippen LogP contribution in [0.3, 0.4) is 0 Å². The molecule has 0 spiro atoms. The standard InChI is InChI=1S/C18H31NO/c1-13(2)11-17(12-14(3)4)19-16-7-9-18(10-8-16)20-15(5)6/h7-10,13-15,17,19H,11-12H2,1-6H3. The van der Waals surface area contributed by atoms with Gasteiger partial charge in [-0.05, 0) is 62.8 Å². The predicted molar refractivity (Wildman–Crippen MR) is 88.5 cm³/mol. The van der Waals surface area contributed by atoms with E-state index in [4.69, 9.17) is 4.74 Å². The predicted octanol–water partition coefficient (Wildman–Crippen LogP) is 5.35. The highest BCUT2D eigenvalue weighted by Crippen LogP contribution is 2.21. The van der Waals surface area contributed by atoms with Crippen LogP contribution in [-0.2, 0) is 0 Å². The number of ether oxygens (including phenoxy) is 1. The van der Waals surface area contributed by atoms with E-state index in [1.807, 2.05) is 26.0 Å². The number of rotatable bonds is 8. The second-order valence-corrected chi connectivity index (χ2v) is 6.79. The molecule has 114 valence electrons. The summed E-state index contributed by atoms with van der Waals surface area (Å²) in [4.78, 5) is 0. The molecular formula is C18H31NO. The molecule has 0 saturated heterocycles. The van der Waals surface area contributed by atoms with Gasteiger partial charge >= 0.3 is 0 Å². The highest BCUT2D eigenvalue weighted by Gasteiger charge is 2.12. The van der Waals surface area contributed by atoms with Crippen molar-refractivity contribution >= 4 is 5.69 Å². The third-order valence-electron chi connectivity index (χ3n) is 3.11. The van der Waals surface area contributed by atoms with Crippen LogP contribution >= 0.6 is 0 Å². The van der Waals surface area contributed by atoms with Crippen molar-refractivity contribution in [3.8, 4) is 5.75 Å². The minimum atomic E-state index is 0.225. The molecule has 1 aromatic carbocycles. The summed E-state index contributed by atoms with van der Waals surface area (Å²) in [6.45, 7) is 13.2. The van der Waals surface area contributed by atoms with E-state index in [0.29, 0.717) is 6.04 Å². The topological polar surface area (TPSA) is 21.3 Å². The van der Waals surface area contributed by atoms with Crippen LogP contribution in [0.1, 0.15) is 54.4 Å². The zero-order valence-corrected chi connectivity index (χ0v) is 13.9. The average Bonchev–Trinajstić information content (AvgIpc) is 2.29. The molecule has 0 fully saturated rings. The van der Waals surface area contributed by atoms with E-state index in [9.17, 15) is 0 Å². The van der Waals surface area contributed by atoms with Crippen LogP contribution in [-0.4, -0.2) is 12.1 Å². The first kappa shape index (κ1) is 16.9. The molecule has 2 heteroatoms. The lowest BCUT2D eigenvalue weighted by Gasteiger charge is -2.23. The summed E-state index contributed by atoms with van der Waals surface area (Å²) in [5.41, 5.74) is 1.19. The van der Waals surface area contributed by atoms with Gasteiger partial charge in [0.25, 0.3) is 0 Å². The quantitative estimate of drug-likeness (QED) is 0.692. The fourth-order valence-electron chi connectivity index (χ4n) is 2.49. The van der Waals surface area contributed by atoms with Crippen LogP contribution in [0.25, 0.3) is 0 Å². The van der Waals surface area contributed by atoms with E-state index in [1.54, 1.807) is 0 Å². The van der Waals surface area contributed by atoms with Gasteiger partial charge in [0.15, 0.2) is 0 Å². The molecule has 20 heavy (non-hydrogen) atoms. The molecule has 1 rings (SSSR count). The van der Waals surface area contributed by atoms with E-state index in [2.05, 4.69) is 45.1 Å². The third kappa shape index (κ3) is 6.83. The van der Waals surface area contributed by atoms with Crippen LogP contribution in [0.5, 0.6) is 5.75 Å². The lowest BCUT2D eigenvalue weighted by Crippen LogP contribution is -2.23. The lowest BCUT2D eigenvalue weighted by atomic mass is 9.95. The zero-order valence-electron chi connectivity index (χ0n) is 13.9. The number of benzene rings is 1. The fraction of sp³-hybridized carbons (Fsp3) is 0.667. The van der Waals surface area contributed by atoms with Crippen molar-refractivity contribution in [2.45, 2.75) is 66.5 Å². The number of hydrogen-bond donors (Lipinski definition) is 1. The smallest absolute Gasteiger partial charge is 0.119 e. The normalized spacial score (nSPS) is 11.7. The van der Waals surface area contributed by atoms with Gasteiger partial charge in [0.05, 0.1) is 6.10 Å². The lowest BCUT2D eigenvalue weighted by molar-refractivity contribution is 0.242. The van der Waals surface area contributed by atoms with Gasteiger partial charge in [-0.15, -0.1) is 0 Å². The van der Waals surface area contributed by atoms with Crippen molar-refractivity contribution in [2.24, 2.45) is 11.8 Å². The van der Waals surface area contributed by atoms with E-state index >= 15 is 0 Å². The molecule has 0 saturated carbocycles. The van der Waals surface area contributed by atoms with E-state index in [0.717, 1.165) is 17.6 Å². The Morgan fingerprint density at radius 2 is 1.35 bits per heavy atom. The highest BCUT2D eigenvalue weighted by atomic mass is 16.5. The second-order valence-electron chi connectivity index (χ2n) is 6.79. The van der Waals surface area contributed by atoms with Crippen molar-refractivity contribution < 1.29 is 4.74 Å². The molecule has 0 atom stereocenters. The Hall–Kier alpha value is -1.18. The van der Waals surface area contributed by atoms with Crippen molar-refractivity contribution in [1.29, 1.82) is 0 Å². The maximum atomic E-state index is 5.68. The van der Waals surface area contributed by atoms with E-state index in [-0.39, 0.29) is 6.10 Å². The third-order valence-corrected chi connectivity index (χ3v) is 3.11. The van der Waals surface area contributed by atoms with E-state index < -0.39 is 0 Å². The van der Waals surface area contributed by atoms with Crippen LogP contribution in [0, 0.1) is 11.8 Å². The summed E-state index contributed by atoms with van der Waals surface area (Å²) in [6.07, 6.45) is 2.65. The summed E-state index contributed by atoms with van der Waals surface area (Å²) in [5, 5.41) is 3.67. The van der Waals surface area contributed by atoms with Gasteiger partial charge in [0.2, 0.25) is 0 Å². The van der Waals surface area contributed by atoms with Crippen molar-refractivity contribution in [2.75, 3.05) is 5.32 Å². The second kappa shape index (κ2) is 8.18.